The highest BCUT2D eigenvalue weighted by Crippen LogP contribution is 2.32. The van der Waals surface area contributed by atoms with E-state index in [-0.39, 0.29) is 23.1 Å². The summed E-state index contributed by atoms with van der Waals surface area (Å²) in [5.74, 6) is 0.294. The van der Waals surface area contributed by atoms with Crippen molar-refractivity contribution >= 4 is 5.97 Å². The molecule has 1 fully saturated rings. The van der Waals surface area contributed by atoms with Crippen molar-refractivity contribution in [3.05, 3.63) is 102 Å². The van der Waals surface area contributed by atoms with Crippen molar-refractivity contribution in [1.82, 2.24) is 0 Å². The molecular weight excluding hydrogens is 506 g/mol. The second-order valence-electron chi connectivity index (χ2n) is 9.35. The summed E-state index contributed by atoms with van der Waals surface area (Å²) in [7, 11) is 2.25. The van der Waals surface area contributed by atoms with E-state index in [2.05, 4.69) is 7.05 Å². The summed E-state index contributed by atoms with van der Waals surface area (Å²) < 4.78 is 12.7. The van der Waals surface area contributed by atoms with Gasteiger partial charge in [0, 0.05) is 19.3 Å². The number of halogens is 1. The van der Waals surface area contributed by atoms with Crippen LogP contribution in [0, 0.1) is 0 Å². The molecule has 0 unspecified atom stereocenters. The van der Waals surface area contributed by atoms with Crippen molar-refractivity contribution < 1.29 is 40.8 Å². The Labute approximate surface area is 218 Å². The molecular formula is C29H34BrNO4. The van der Waals surface area contributed by atoms with E-state index in [9.17, 15) is 9.90 Å². The fourth-order valence-electron chi connectivity index (χ4n) is 4.66. The second kappa shape index (κ2) is 12.3. The molecule has 0 bridgehead atoms. The average Bonchev–Trinajstić information content (AvgIpc) is 2.89. The topological polar surface area (TPSA) is 55.8 Å². The molecule has 35 heavy (non-hydrogen) atoms. The summed E-state index contributed by atoms with van der Waals surface area (Å²) in [5, 5.41) is 11.6. The van der Waals surface area contributed by atoms with Gasteiger partial charge in [-0.05, 0) is 23.3 Å². The van der Waals surface area contributed by atoms with Gasteiger partial charge in [0.05, 0.1) is 33.3 Å². The van der Waals surface area contributed by atoms with E-state index in [1.165, 1.54) is 0 Å². The zero-order chi connectivity index (χ0) is 23.9. The summed E-state index contributed by atoms with van der Waals surface area (Å²) in [6.45, 7) is 3.57. The van der Waals surface area contributed by atoms with Gasteiger partial charge < -0.3 is 36.0 Å². The molecule has 1 heterocycles. The lowest BCUT2D eigenvalue weighted by Gasteiger charge is -2.41. The number of hydrogen-bond acceptors (Lipinski definition) is 4. The van der Waals surface area contributed by atoms with Gasteiger partial charge in [-0.3, -0.25) is 0 Å². The quantitative estimate of drug-likeness (QED) is 0.254. The predicted molar refractivity (Wildman–Crippen MR) is 132 cm³/mol. The number of carbonyl (C=O) groups is 1. The molecule has 3 aromatic carbocycles. The van der Waals surface area contributed by atoms with E-state index in [0.29, 0.717) is 17.7 Å². The molecule has 1 N–H and O–H groups in total. The average molecular weight is 540 g/mol. The molecule has 5 nitrogen and oxygen atoms in total. The van der Waals surface area contributed by atoms with Crippen molar-refractivity contribution in [2.75, 3.05) is 33.3 Å². The predicted octanol–water partition coefficient (Wildman–Crippen LogP) is 1.55. The first-order chi connectivity index (χ1) is 16.5. The van der Waals surface area contributed by atoms with Crippen molar-refractivity contribution in [2.45, 2.75) is 31.0 Å². The van der Waals surface area contributed by atoms with E-state index in [1.807, 2.05) is 66.7 Å². The number of nitrogens with zero attached hydrogens (tertiary/aromatic N) is 1. The van der Waals surface area contributed by atoms with Crippen LogP contribution >= 0.6 is 0 Å². The molecule has 1 aliphatic rings. The van der Waals surface area contributed by atoms with E-state index < -0.39 is 11.6 Å². The third-order valence-corrected chi connectivity index (χ3v) is 6.79. The van der Waals surface area contributed by atoms with Crippen LogP contribution in [-0.4, -0.2) is 55.0 Å². The number of ether oxygens (including phenoxy) is 2. The number of benzene rings is 3. The second-order valence-corrected chi connectivity index (χ2v) is 9.35. The van der Waals surface area contributed by atoms with E-state index >= 15 is 0 Å². The number of quaternary nitrogens is 1. The van der Waals surface area contributed by atoms with Gasteiger partial charge in [-0.2, -0.15) is 0 Å². The first-order valence-electron chi connectivity index (χ1n) is 12.1. The summed E-state index contributed by atoms with van der Waals surface area (Å²) in [6, 6.07) is 28.0. The SMILES string of the molecule is C[N+]1(CCCOc2ccccc2)CCC(OC(=O)C(O)(c2ccccc2)c2ccccc2)CC1.[Br-]. The molecule has 1 saturated heterocycles. The van der Waals surface area contributed by atoms with Gasteiger partial charge in [-0.15, -0.1) is 0 Å². The number of piperidine rings is 1. The van der Waals surface area contributed by atoms with Crippen LogP contribution in [0.5, 0.6) is 5.75 Å². The number of aliphatic hydroxyl groups is 1. The highest BCUT2D eigenvalue weighted by Gasteiger charge is 2.43. The molecule has 0 aromatic heterocycles. The minimum atomic E-state index is -1.83. The minimum absolute atomic E-state index is 0. The van der Waals surface area contributed by atoms with Crippen LogP contribution in [0.15, 0.2) is 91.0 Å². The Hall–Kier alpha value is -2.67. The number of para-hydroxylation sites is 1. The van der Waals surface area contributed by atoms with E-state index in [1.54, 1.807) is 24.3 Å². The van der Waals surface area contributed by atoms with E-state index in [0.717, 1.165) is 49.1 Å². The first kappa shape index (κ1) is 26.9. The third kappa shape index (κ3) is 6.72. The van der Waals surface area contributed by atoms with Gasteiger partial charge in [0.15, 0.2) is 0 Å². The van der Waals surface area contributed by atoms with Gasteiger partial charge in [0.25, 0.3) is 0 Å². The van der Waals surface area contributed by atoms with Gasteiger partial charge >= 0.3 is 5.97 Å². The fraction of sp³-hybridized carbons (Fsp3) is 0.345. The van der Waals surface area contributed by atoms with Crippen LogP contribution in [0.1, 0.15) is 30.4 Å². The van der Waals surface area contributed by atoms with Gasteiger partial charge in [0.2, 0.25) is 5.60 Å². The fourth-order valence-corrected chi connectivity index (χ4v) is 4.66. The lowest BCUT2D eigenvalue weighted by Crippen LogP contribution is -3.00. The zero-order valence-corrected chi connectivity index (χ0v) is 21.8. The zero-order valence-electron chi connectivity index (χ0n) is 20.2. The molecule has 0 aliphatic carbocycles. The molecule has 6 heteroatoms. The Morgan fingerprint density at radius 1 is 0.886 bits per heavy atom. The highest BCUT2D eigenvalue weighted by atomic mass is 79.9. The standard InChI is InChI=1S/C29H34NO4.BrH/c1-30(20-11-23-33-26-16-9-4-10-17-26)21-18-27(19-22-30)34-28(31)29(32,24-12-5-2-6-13-24)25-14-7-3-8-15-25;/h2-10,12-17,27,32H,11,18-23H2,1H3;1H/q+1;/p-1. The van der Waals surface area contributed by atoms with Crippen molar-refractivity contribution in [3.8, 4) is 5.75 Å². The number of hydrogen-bond donors (Lipinski definition) is 1. The molecule has 186 valence electrons. The highest BCUT2D eigenvalue weighted by molar-refractivity contribution is 5.85. The van der Waals surface area contributed by atoms with Crippen molar-refractivity contribution in [1.29, 1.82) is 0 Å². The summed E-state index contributed by atoms with van der Waals surface area (Å²) in [6.07, 6.45) is 2.33. The lowest BCUT2D eigenvalue weighted by atomic mass is 9.86. The molecule has 0 amide bonds. The van der Waals surface area contributed by atoms with Gasteiger partial charge in [-0.1, -0.05) is 78.9 Å². The van der Waals surface area contributed by atoms with Crippen LogP contribution in [0.4, 0.5) is 0 Å². The number of likely N-dealkylation sites (tertiary alicyclic amines) is 1. The first-order valence-corrected chi connectivity index (χ1v) is 12.1. The maximum absolute atomic E-state index is 13.3. The Balaban J connectivity index is 0.00000342. The summed E-state index contributed by atoms with van der Waals surface area (Å²) >= 11 is 0. The molecule has 0 atom stereocenters. The largest absolute Gasteiger partial charge is 1.00 e. The van der Waals surface area contributed by atoms with Gasteiger partial charge in [-0.25, -0.2) is 4.79 Å². The Morgan fingerprint density at radius 2 is 1.37 bits per heavy atom. The van der Waals surface area contributed by atoms with Crippen LogP contribution in [0.2, 0.25) is 0 Å². The molecule has 1 aliphatic heterocycles. The molecule has 0 radical (unpaired) electrons. The Bertz CT molecular complexity index is 999. The molecule has 0 saturated carbocycles. The summed E-state index contributed by atoms with van der Waals surface area (Å²) in [4.78, 5) is 13.3. The third-order valence-electron chi connectivity index (χ3n) is 6.79. The van der Waals surface area contributed by atoms with Crippen LogP contribution in [-0.2, 0) is 15.1 Å². The van der Waals surface area contributed by atoms with Crippen LogP contribution in [0.25, 0.3) is 0 Å². The summed E-state index contributed by atoms with van der Waals surface area (Å²) in [5.41, 5.74) is -0.797. The smallest absolute Gasteiger partial charge is 0.347 e. The van der Waals surface area contributed by atoms with Crippen LogP contribution in [0.3, 0.4) is 0 Å². The molecule has 0 spiro atoms. The van der Waals surface area contributed by atoms with Crippen LogP contribution < -0.4 is 21.7 Å². The van der Waals surface area contributed by atoms with Crippen molar-refractivity contribution in [2.24, 2.45) is 0 Å². The van der Waals surface area contributed by atoms with Gasteiger partial charge in [0.1, 0.15) is 11.9 Å². The minimum Gasteiger partial charge on any atom is -1.00 e. The number of esters is 1. The maximum Gasteiger partial charge on any atom is 0.347 e. The van der Waals surface area contributed by atoms with Crippen molar-refractivity contribution in [3.63, 3.8) is 0 Å². The maximum atomic E-state index is 13.3. The normalized spacial score (nSPS) is 19.9. The monoisotopic (exact) mass is 539 g/mol. The van der Waals surface area contributed by atoms with E-state index in [4.69, 9.17) is 9.47 Å². The Morgan fingerprint density at radius 3 is 1.89 bits per heavy atom. The number of rotatable bonds is 9. The molecule has 3 aromatic rings. The lowest BCUT2D eigenvalue weighted by molar-refractivity contribution is -0.915. The molecule has 4 rings (SSSR count). The number of carbonyl (C=O) groups excluding carboxylic acids is 1. The Kier molecular flexibility index (Phi) is 9.49.